The van der Waals surface area contributed by atoms with Gasteiger partial charge in [0.25, 0.3) is 0 Å². The summed E-state index contributed by atoms with van der Waals surface area (Å²) in [5, 5.41) is 0. The molecule has 0 heterocycles. The molecular formula is C3H9BF3O+. The van der Waals surface area contributed by atoms with Crippen LogP contribution < -0.4 is 0 Å². The van der Waals surface area contributed by atoms with Gasteiger partial charge in [0.1, 0.15) is 21.3 Å². The minimum absolute atomic E-state index is 1.92. The van der Waals surface area contributed by atoms with Gasteiger partial charge in [-0.3, -0.25) is 12.9 Å². The molecule has 8 heavy (non-hydrogen) atoms. The number of rotatable bonds is 0. The summed E-state index contributed by atoms with van der Waals surface area (Å²) in [5.41, 5.74) is 0. The monoisotopic (exact) mass is 129 g/mol. The van der Waals surface area contributed by atoms with E-state index < -0.39 is 7.54 Å². The van der Waals surface area contributed by atoms with Gasteiger partial charge < -0.3 is 4.37 Å². The number of hydrogen-bond donors (Lipinski definition) is 0. The molecule has 0 fully saturated rings. The Kier molecular flexibility index (Phi) is 9.14. The fourth-order valence-corrected chi connectivity index (χ4v) is 0. The molecule has 1 nitrogen and oxygen atoms in total. The van der Waals surface area contributed by atoms with Crippen LogP contribution in [0, 0.1) is 0 Å². The Labute approximate surface area is 47.4 Å². The first-order valence-corrected chi connectivity index (χ1v) is 1.88. The van der Waals surface area contributed by atoms with Crippen LogP contribution in [-0.4, -0.2) is 28.9 Å². The standard InChI is InChI=1S/C3H9O.BF3/c1-4(2)3;2-1(3)4/h1-3H3;/q+1;. The van der Waals surface area contributed by atoms with Gasteiger partial charge in [0.2, 0.25) is 0 Å². The van der Waals surface area contributed by atoms with Crippen LogP contribution in [0.5, 0.6) is 0 Å². The van der Waals surface area contributed by atoms with Gasteiger partial charge in [-0.05, 0) is 0 Å². The Hall–Kier alpha value is -0.185. The van der Waals surface area contributed by atoms with Crippen molar-refractivity contribution in [3.8, 4) is 0 Å². The van der Waals surface area contributed by atoms with Gasteiger partial charge in [-0.1, -0.05) is 0 Å². The zero-order chi connectivity index (χ0) is 7.15. The van der Waals surface area contributed by atoms with Crippen molar-refractivity contribution in [2.75, 3.05) is 21.3 Å². The van der Waals surface area contributed by atoms with Crippen LogP contribution in [0.1, 0.15) is 0 Å². The largest absolute Gasteiger partial charge is 0.762 e. The van der Waals surface area contributed by atoms with Gasteiger partial charge in [0.15, 0.2) is 0 Å². The van der Waals surface area contributed by atoms with Gasteiger partial charge in [0.05, 0.1) is 0 Å². The molecule has 50 valence electrons. The van der Waals surface area contributed by atoms with Crippen LogP contribution in [0.15, 0.2) is 0 Å². The average Bonchev–Trinajstić information content (AvgIpc) is 1.25. The molecule has 0 saturated heterocycles. The molecule has 0 amide bonds. The molecular weight excluding hydrogens is 120 g/mol. The summed E-state index contributed by atoms with van der Waals surface area (Å²) in [7, 11) is 2.08. The average molecular weight is 129 g/mol. The molecule has 0 N–H and O–H groups in total. The Balaban J connectivity index is 0. The Bertz CT molecular complexity index is 30.0. The van der Waals surface area contributed by atoms with Gasteiger partial charge in [-0.15, -0.1) is 0 Å². The summed E-state index contributed by atoms with van der Waals surface area (Å²) in [5.74, 6) is 0. The minimum Gasteiger partial charge on any atom is -0.429 e. The minimum atomic E-state index is -3.67. The molecule has 0 unspecified atom stereocenters. The second kappa shape index (κ2) is 6.81. The van der Waals surface area contributed by atoms with Crippen molar-refractivity contribution >= 4 is 7.54 Å². The second-order valence-electron chi connectivity index (χ2n) is 1.47. The van der Waals surface area contributed by atoms with Crippen LogP contribution in [-0.2, 0) is 4.37 Å². The molecule has 0 atom stereocenters. The zero-order valence-electron chi connectivity index (χ0n) is 5.12. The topological polar surface area (TPSA) is 2.70 Å². The van der Waals surface area contributed by atoms with E-state index in [1.807, 2.05) is 21.3 Å². The normalized spacial score (nSPS) is 7.88. The van der Waals surface area contributed by atoms with Crippen molar-refractivity contribution in [3.63, 3.8) is 0 Å². The maximum atomic E-state index is 9.67. The summed E-state index contributed by atoms with van der Waals surface area (Å²) in [4.78, 5) is 0. The third-order valence-corrected chi connectivity index (χ3v) is 0. The summed E-state index contributed by atoms with van der Waals surface area (Å²) in [6.45, 7) is 0. The lowest BCUT2D eigenvalue weighted by Gasteiger charge is -1.90. The summed E-state index contributed by atoms with van der Waals surface area (Å²) >= 11 is 0. The van der Waals surface area contributed by atoms with E-state index in [1.54, 1.807) is 0 Å². The predicted molar refractivity (Wildman–Crippen MR) is 27.9 cm³/mol. The summed E-state index contributed by atoms with van der Waals surface area (Å²) < 4.78 is 31.6. The van der Waals surface area contributed by atoms with Crippen LogP contribution in [0.25, 0.3) is 0 Å². The summed E-state index contributed by atoms with van der Waals surface area (Å²) in [6, 6.07) is 0. The molecule has 0 radical (unpaired) electrons. The van der Waals surface area contributed by atoms with E-state index in [-0.39, 0.29) is 0 Å². The van der Waals surface area contributed by atoms with E-state index in [0.29, 0.717) is 0 Å². The van der Waals surface area contributed by atoms with E-state index in [4.69, 9.17) is 0 Å². The third-order valence-electron chi connectivity index (χ3n) is 0. The number of halogens is 3. The SMILES string of the molecule is C[O+](C)C.FB(F)F. The maximum Gasteiger partial charge on any atom is 0.762 e. The lowest BCUT2D eigenvalue weighted by molar-refractivity contribution is -0.00282. The van der Waals surface area contributed by atoms with Crippen molar-refractivity contribution in [2.45, 2.75) is 0 Å². The lowest BCUT2D eigenvalue weighted by atomic mass is 10.5. The van der Waals surface area contributed by atoms with Crippen LogP contribution in [0.3, 0.4) is 0 Å². The highest BCUT2D eigenvalue weighted by molar-refractivity contribution is 6.33. The molecule has 0 spiro atoms. The van der Waals surface area contributed by atoms with Crippen molar-refractivity contribution in [1.82, 2.24) is 0 Å². The predicted octanol–water partition coefficient (Wildman–Crippen LogP) is 1.31. The van der Waals surface area contributed by atoms with E-state index in [2.05, 4.69) is 4.37 Å². The first-order valence-electron chi connectivity index (χ1n) is 1.88. The zero-order valence-corrected chi connectivity index (χ0v) is 5.12. The van der Waals surface area contributed by atoms with E-state index in [9.17, 15) is 12.9 Å². The first kappa shape index (κ1) is 10.7. The quantitative estimate of drug-likeness (QED) is 0.342. The molecule has 0 saturated carbocycles. The smallest absolute Gasteiger partial charge is 0.429 e. The lowest BCUT2D eigenvalue weighted by Crippen LogP contribution is -1.87. The maximum absolute atomic E-state index is 9.67. The fourth-order valence-electron chi connectivity index (χ4n) is 0. The highest BCUT2D eigenvalue weighted by atomic mass is 19.4. The van der Waals surface area contributed by atoms with Crippen LogP contribution in [0.4, 0.5) is 12.9 Å². The Morgan fingerprint density at radius 2 is 1.00 bits per heavy atom. The van der Waals surface area contributed by atoms with Gasteiger partial charge >= 0.3 is 7.54 Å². The van der Waals surface area contributed by atoms with Crippen LogP contribution >= 0.6 is 0 Å². The van der Waals surface area contributed by atoms with Gasteiger partial charge in [-0.2, -0.15) is 0 Å². The summed E-state index contributed by atoms with van der Waals surface area (Å²) in [6.07, 6.45) is 0. The molecule has 5 heteroatoms. The highest BCUT2D eigenvalue weighted by Crippen LogP contribution is 1.80. The fraction of sp³-hybridized carbons (Fsp3) is 1.00. The Morgan fingerprint density at radius 1 is 1.00 bits per heavy atom. The second-order valence-corrected chi connectivity index (χ2v) is 1.47. The first-order chi connectivity index (χ1) is 3.46. The van der Waals surface area contributed by atoms with Crippen molar-refractivity contribution in [2.24, 2.45) is 0 Å². The molecule has 0 aromatic heterocycles. The molecule has 0 aromatic rings. The molecule has 0 rings (SSSR count). The molecule has 0 bridgehead atoms. The van der Waals surface area contributed by atoms with Gasteiger partial charge in [0, 0.05) is 0 Å². The van der Waals surface area contributed by atoms with E-state index in [0.717, 1.165) is 0 Å². The van der Waals surface area contributed by atoms with Crippen molar-refractivity contribution in [1.29, 1.82) is 0 Å². The van der Waals surface area contributed by atoms with E-state index in [1.165, 1.54) is 0 Å². The molecule has 0 aromatic carbocycles. The molecule has 0 aliphatic heterocycles. The van der Waals surface area contributed by atoms with Gasteiger partial charge in [-0.25, -0.2) is 0 Å². The molecule has 0 aliphatic carbocycles. The Morgan fingerprint density at radius 3 is 1.00 bits per heavy atom. The van der Waals surface area contributed by atoms with E-state index >= 15 is 0 Å². The number of hydrogen-bond acceptors (Lipinski definition) is 0. The van der Waals surface area contributed by atoms with Crippen molar-refractivity contribution < 1.29 is 17.3 Å². The van der Waals surface area contributed by atoms with Crippen LogP contribution in [0.2, 0.25) is 0 Å². The highest BCUT2D eigenvalue weighted by Gasteiger charge is 2.06. The molecule has 0 aliphatic rings. The third kappa shape index (κ3) is 3940. The van der Waals surface area contributed by atoms with Crippen molar-refractivity contribution in [3.05, 3.63) is 0 Å².